The molecule has 4 unspecified atom stereocenters. The van der Waals surface area contributed by atoms with Gasteiger partial charge in [-0.15, -0.1) is 11.3 Å². The highest BCUT2D eigenvalue weighted by atomic mass is 32.1. The number of carbonyl (C=O) groups excluding carboxylic acids is 7. The van der Waals surface area contributed by atoms with E-state index in [1.165, 1.54) is 35.3 Å². The predicted octanol–water partition coefficient (Wildman–Crippen LogP) is 5.36. The van der Waals surface area contributed by atoms with Crippen LogP contribution in [-0.4, -0.2) is 165 Å². The van der Waals surface area contributed by atoms with Crippen LogP contribution in [0, 0.1) is 5.41 Å². The SMILES string of the molecule is C=CC(=O)Nc1cc(Nc2nc(N3CCCC(N4CCc5c(sc6c5CCC(C)(C)C6)C4=O)C3CO)cnc2C(N)=O)ccc1N1CCN(C2CCN(c3ccc4c(c3)C(=O)N(C3CCC(=O)N(C)C3=O)C4=O)[C@H](C)C2)C[C@@H]1C. The number of imide groups is 2. The molecule has 4 aromatic rings. The van der Waals surface area contributed by atoms with Crippen LogP contribution in [0.4, 0.5) is 34.4 Å². The molecule has 6 atom stereocenters. The summed E-state index contributed by atoms with van der Waals surface area (Å²) < 4.78 is 0. The fourth-order valence-electron chi connectivity index (χ4n) is 13.5. The third-order valence-electron chi connectivity index (χ3n) is 17.8. The fourth-order valence-corrected chi connectivity index (χ4v) is 15.2. The van der Waals surface area contributed by atoms with Gasteiger partial charge in [-0.1, -0.05) is 20.4 Å². The van der Waals surface area contributed by atoms with Gasteiger partial charge in [0.1, 0.15) is 11.9 Å². The van der Waals surface area contributed by atoms with Crippen LogP contribution < -0.4 is 31.1 Å². The Bertz CT molecular complexity index is 3200. The van der Waals surface area contributed by atoms with E-state index in [1.807, 2.05) is 28.0 Å². The Morgan fingerprint density at radius 1 is 0.873 bits per heavy atom. The van der Waals surface area contributed by atoms with E-state index in [4.69, 9.17) is 10.7 Å². The number of anilines is 6. The quantitative estimate of drug-likeness (QED) is 0.103. The first-order valence-electron chi connectivity index (χ1n) is 27.8. The van der Waals surface area contributed by atoms with Gasteiger partial charge in [-0.3, -0.25) is 48.3 Å². The number of likely N-dealkylation sites (N-methyl/N-ethyl adjacent to an activating group) is 1. The second-order valence-electron chi connectivity index (χ2n) is 23.2. The average Bonchev–Trinajstić information content (AvgIpc) is 4.17. The number of nitrogens with zero attached hydrogens (tertiary/aromatic N) is 9. The number of nitrogens with one attached hydrogen (secondary N) is 2. The molecule has 4 saturated heterocycles. The second kappa shape index (κ2) is 21.1. The Labute approximate surface area is 464 Å². The highest BCUT2D eigenvalue weighted by Crippen LogP contribution is 2.45. The Morgan fingerprint density at radius 3 is 2.42 bits per heavy atom. The van der Waals surface area contributed by atoms with Crippen LogP contribution in [0.5, 0.6) is 0 Å². The number of aliphatic hydroxyl groups is 1. The number of likely N-dealkylation sites (tertiary alicyclic amines) is 1. The molecule has 20 nitrogen and oxygen atoms in total. The van der Waals surface area contributed by atoms with Crippen LogP contribution in [0.3, 0.4) is 0 Å². The minimum atomic E-state index is -1.01. The third kappa shape index (κ3) is 9.80. The Balaban J connectivity index is 0.762. The number of rotatable bonds is 12. The van der Waals surface area contributed by atoms with Crippen molar-refractivity contribution in [2.24, 2.45) is 11.1 Å². The van der Waals surface area contributed by atoms with Gasteiger partial charge < -0.3 is 41.1 Å². The number of thiophene rings is 1. The van der Waals surface area contributed by atoms with E-state index in [9.17, 15) is 38.7 Å². The first kappa shape index (κ1) is 53.8. The maximum Gasteiger partial charge on any atom is 0.271 e. The van der Waals surface area contributed by atoms with Gasteiger partial charge in [0.05, 0.1) is 52.3 Å². The van der Waals surface area contributed by atoms with Gasteiger partial charge in [0.25, 0.3) is 29.5 Å². The smallest absolute Gasteiger partial charge is 0.271 e. The van der Waals surface area contributed by atoms with Crippen LogP contribution in [0.2, 0.25) is 0 Å². The van der Waals surface area contributed by atoms with Crippen LogP contribution in [-0.2, 0) is 33.6 Å². The van der Waals surface area contributed by atoms with Crippen molar-refractivity contribution in [1.82, 2.24) is 29.6 Å². The highest BCUT2D eigenvalue weighted by Gasteiger charge is 2.47. The molecule has 0 radical (unpaired) electrons. The molecule has 0 spiro atoms. The Morgan fingerprint density at radius 2 is 1.67 bits per heavy atom. The van der Waals surface area contributed by atoms with Crippen molar-refractivity contribution in [2.45, 2.75) is 128 Å². The molecule has 416 valence electrons. The Hall–Kier alpha value is -7.23. The first-order chi connectivity index (χ1) is 37.8. The number of aromatic nitrogens is 2. The molecule has 5 N–H and O–H groups in total. The number of aliphatic hydroxyl groups excluding tert-OH is 1. The summed E-state index contributed by atoms with van der Waals surface area (Å²) in [5, 5.41) is 17.3. The number of benzene rings is 2. The number of hydrogen-bond acceptors (Lipinski definition) is 16. The zero-order chi connectivity index (χ0) is 55.8. The van der Waals surface area contributed by atoms with E-state index in [0.29, 0.717) is 36.8 Å². The number of piperidine rings is 3. The standard InChI is InChI=1S/C58H70N12O8S/c1-7-48(72)62-41-26-34(61-53-50(52(59)74)60-29-47(63-53)68-20-8-9-43(45(68)31-71)69-22-18-38-37-16-19-58(4,5)28-46(37)79-51(38)57(69)78)10-13-42(41)67-24-23-65(30-33(67)3)35-17-21-66(32(2)25-35)36-11-12-39-40(27-36)55(76)70(54(39)75)44-14-15-49(73)64(6)56(44)77/h7,10-13,26-27,29,32-33,35,43-45,71H,1,8-9,14-25,28,30-31H2,2-6H3,(H2,59,74)(H,61,63)(H,62,72)/t32-,33+,35?,43?,44?,45?/m1/s1. The lowest BCUT2D eigenvalue weighted by Crippen LogP contribution is -2.60. The largest absolute Gasteiger partial charge is 0.394 e. The topological polar surface area (TPSA) is 238 Å². The summed E-state index contributed by atoms with van der Waals surface area (Å²) in [5.74, 6) is -2.53. The van der Waals surface area contributed by atoms with Crippen molar-refractivity contribution in [2.75, 3.05) is 78.3 Å². The molecule has 4 fully saturated rings. The summed E-state index contributed by atoms with van der Waals surface area (Å²) in [6, 6.07) is 9.57. The van der Waals surface area contributed by atoms with Crippen LogP contribution >= 0.6 is 11.3 Å². The van der Waals surface area contributed by atoms with Gasteiger partial charge in [-0.25, -0.2) is 9.97 Å². The van der Waals surface area contributed by atoms with Gasteiger partial charge >= 0.3 is 0 Å². The van der Waals surface area contributed by atoms with Crippen molar-refractivity contribution in [3.63, 3.8) is 0 Å². The molecule has 0 saturated carbocycles. The van der Waals surface area contributed by atoms with Gasteiger partial charge in [0, 0.05) is 87.1 Å². The molecular formula is C58H70N12O8S. The maximum absolute atomic E-state index is 14.3. The molecule has 7 amide bonds. The number of primary amides is 1. The van der Waals surface area contributed by atoms with Gasteiger partial charge in [0.2, 0.25) is 11.8 Å². The summed E-state index contributed by atoms with van der Waals surface area (Å²) in [6.45, 7) is 16.4. The minimum absolute atomic E-state index is 0.0290. The summed E-state index contributed by atoms with van der Waals surface area (Å²) in [5.41, 5.74) is 11.8. The molecule has 21 heteroatoms. The van der Waals surface area contributed by atoms with Gasteiger partial charge in [0.15, 0.2) is 11.5 Å². The second-order valence-corrected chi connectivity index (χ2v) is 24.3. The number of amides is 7. The predicted molar refractivity (Wildman–Crippen MR) is 301 cm³/mol. The molecule has 11 rings (SSSR count). The summed E-state index contributed by atoms with van der Waals surface area (Å²) >= 11 is 1.65. The molecule has 2 aromatic heterocycles. The summed E-state index contributed by atoms with van der Waals surface area (Å²) in [4.78, 5) is 117. The normalized spacial score (nSPS) is 25.3. The number of fused-ring (bicyclic) bond motifs is 4. The lowest BCUT2D eigenvalue weighted by molar-refractivity contribution is -0.149. The van der Waals surface area contributed by atoms with E-state index in [2.05, 4.69) is 64.6 Å². The number of carbonyl (C=O) groups is 7. The molecule has 79 heavy (non-hydrogen) atoms. The number of nitrogens with two attached hydrogens (primary N) is 1. The average molecular weight is 1100 g/mol. The molecule has 1 aliphatic carbocycles. The summed E-state index contributed by atoms with van der Waals surface area (Å²) in [6.07, 6.45) is 9.98. The molecule has 8 heterocycles. The lowest BCUT2D eigenvalue weighted by atomic mass is 9.76. The van der Waals surface area contributed by atoms with Gasteiger partial charge in [-0.2, -0.15) is 0 Å². The van der Waals surface area contributed by atoms with E-state index in [0.717, 1.165) is 97.1 Å². The van der Waals surface area contributed by atoms with E-state index >= 15 is 0 Å². The number of hydrogen-bond donors (Lipinski definition) is 4. The van der Waals surface area contributed by atoms with E-state index in [1.54, 1.807) is 29.5 Å². The van der Waals surface area contributed by atoms with E-state index in [-0.39, 0.29) is 83.5 Å². The Kier molecular flexibility index (Phi) is 14.4. The van der Waals surface area contributed by atoms with Crippen LogP contribution in [0.1, 0.15) is 130 Å². The van der Waals surface area contributed by atoms with Crippen LogP contribution in [0.25, 0.3) is 0 Å². The fraction of sp³-hybridized carbons (Fsp3) is 0.500. The molecule has 7 aliphatic rings. The first-order valence-corrected chi connectivity index (χ1v) is 28.6. The molecule has 6 aliphatic heterocycles. The lowest BCUT2D eigenvalue weighted by Gasteiger charge is -2.48. The highest BCUT2D eigenvalue weighted by molar-refractivity contribution is 7.14. The van der Waals surface area contributed by atoms with Crippen molar-refractivity contribution >= 4 is 87.1 Å². The monoisotopic (exact) mass is 1090 g/mol. The van der Waals surface area contributed by atoms with Crippen molar-refractivity contribution < 1.29 is 38.7 Å². The van der Waals surface area contributed by atoms with Crippen LogP contribution in [0.15, 0.2) is 55.3 Å². The third-order valence-corrected chi connectivity index (χ3v) is 19.0. The minimum Gasteiger partial charge on any atom is -0.394 e. The summed E-state index contributed by atoms with van der Waals surface area (Å²) in [7, 11) is 1.38. The molecule has 0 bridgehead atoms. The van der Waals surface area contributed by atoms with E-state index < -0.39 is 41.6 Å². The zero-order valence-electron chi connectivity index (χ0n) is 45.6. The maximum atomic E-state index is 14.3. The number of piperazine rings is 1. The van der Waals surface area contributed by atoms with Gasteiger partial charge in [-0.05, 0) is 131 Å². The van der Waals surface area contributed by atoms with Crippen molar-refractivity contribution in [3.05, 3.63) is 93.0 Å². The van der Waals surface area contributed by atoms with Crippen molar-refractivity contribution in [1.29, 1.82) is 0 Å². The zero-order valence-corrected chi connectivity index (χ0v) is 46.4. The van der Waals surface area contributed by atoms with Crippen molar-refractivity contribution in [3.8, 4) is 0 Å². The molecular weight excluding hydrogens is 1020 g/mol. The molecule has 2 aromatic carbocycles.